The lowest BCUT2D eigenvalue weighted by Gasteiger charge is -2.19. The average Bonchev–Trinajstić information content (AvgIpc) is 2.71. The van der Waals surface area contributed by atoms with Crippen LogP contribution in [-0.4, -0.2) is 27.8 Å². The summed E-state index contributed by atoms with van der Waals surface area (Å²) in [5, 5.41) is 11.6. The van der Waals surface area contributed by atoms with E-state index in [2.05, 4.69) is 10.3 Å². The van der Waals surface area contributed by atoms with Gasteiger partial charge in [0.25, 0.3) is 0 Å². The monoisotopic (exact) mass is 344 g/mol. The normalized spacial score (nSPS) is 12.2. The van der Waals surface area contributed by atoms with Gasteiger partial charge in [0.2, 0.25) is 0 Å². The number of amides is 1. The third kappa shape index (κ3) is 3.79. The van der Waals surface area contributed by atoms with Gasteiger partial charge in [-0.2, -0.15) is 13.2 Å². The molecule has 1 amide bonds. The molecule has 0 aliphatic heterocycles. The van der Waals surface area contributed by atoms with Crippen molar-refractivity contribution in [1.29, 1.82) is 0 Å². The van der Waals surface area contributed by atoms with Crippen molar-refractivity contribution >= 4 is 28.8 Å². The molecular formula is C15H15F3N2O4. The molecule has 2 rings (SSSR count). The van der Waals surface area contributed by atoms with E-state index in [1.807, 2.05) is 0 Å². The summed E-state index contributed by atoms with van der Waals surface area (Å²) in [4.78, 5) is 25.7. The summed E-state index contributed by atoms with van der Waals surface area (Å²) in [6, 6.07) is 2.60. The van der Waals surface area contributed by atoms with Gasteiger partial charge in [-0.05, 0) is 32.9 Å². The quantitative estimate of drug-likeness (QED) is 0.760. The molecule has 1 aromatic carbocycles. The molecule has 2 aromatic rings. The summed E-state index contributed by atoms with van der Waals surface area (Å²) in [5.74, 6) is -1.64. The van der Waals surface area contributed by atoms with E-state index >= 15 is 0 Å². The van der Waals surface area contributed by atoms with Crippen molar-refractivity contribution in [2.75, 3.05) is 5.32 Å². The van der Waals surface area contributed by atoms with E-state index in [0.717, 1.165) is 18.2 Å². The Balaban J connectivity index is 2.47. The van der Waals surface area contributed by atoms with Crippen LogP contribution in [0.2, 0.25) is 0 Å². The lowest BCUT2D eigenvalue weighted by atomic mass is 10.1. The van der Waals surface area contributed by atoms with Gasteiger partial charge in [0.1, 0.15) is 17.0 Å². The van der Waals surface area contributed by atoms with Gasteiger partial charge >= 0.3 is 18.2 Å². The second-order valence-corrected chi connectivity index (χ2v) is 6.07. The van der Waals surface area contributed by atoms with Crippen molar-refractivity contribution in [3.63, 3.8) is 0 Å². The number of aromatic amines is 1. The lowest BCUT2D eigenvalue weighted by molar-refractivity contribution is -0.137. The predicted molar refractivity (Wildman–Crippen MR) is 80.1 cm³/mol. The van der Waals surface area contributed by atoms with Crippen LogP contribution in [0, 0.1) is 0 Å². The Morgan fingerprint density at radius 1 is 1.21 bits per heavy atom. The number of carbonyl (C=O) groups is 2. The molecule has 130 valence electrons. The number of carboxylic acids is 1. The zero-order valence-electron chi connectivity index (χ0n) is 13.0. The van der Waals surface area contributed by atoms with E-state index in [9.17, 15) is 27.9 Å². The fourth-order valence-electron chi connectivity index (χ4n) is 2.10. The minimum Gasteiger partial charge on any atom is -0.478 e. The SMILES string of the molecule is CC(C)(C)OC(=O)Nc1[nH]c2cc(C(F)(F)F)ccc2c1C(=O)O. The van der Waals surface area contributed by atoms with Crippen LogP contribution in [0.4, 0.5) is 23.8 Å². The number of carbonyl (C=O) groups excluding carboxylic acids is 1. The number of benzene rings is 1. The number of fused-ring (bicyclic) bond motifs is 1. The number of carboxylic acid groups (broad SMARTS) is 1. The lowest BCUT2D eigenvalue weighted by Crippen LogP contribution is -2.27. The maximum atomic E-state index is 12.8. The van der Waals surface area contributed by atoms with E-state index in [0.29, 0.717) is 0 Å². The number of rotatable bonds is 2. The van der Waals surface area contributed by atoms with Crippen LogP contribution in [0.3, 0.4) is 0 Å². The smallest absolute Gasteiger partial charge is 0.416 e. The Hall–Kier alpha value is -2.71. The summed E-state index contributed by atoms with van der Waals surface area (Å²) in [5.41, 5.74) is -2.15. The first-order chi connectivity index (χ1) is 10.9. The first-order valence-corrected chi connectivity index (χ1v) is 6.85. The molecule has 0 fully saturated rings. The minimum absolute atomic E-state index is 0.0431. The molecule has 0 saturated heterocycles. The molecule has 0 spiro atoms. The van der Waals surface area contributed by atoms with Gasteiger partial charge in [0.05, 0.1) is 5.56 Å². The zero-order chi connectivity index (χ0) is 18.3. The molecule has 24 heavy (non-hydrogen) atoms. The summed E-state index contributed by atoms with van der Waals surface area (Å²) in [6.07, 6.45) is -5.49. The molecule has 0 radical (unpaired) electrons. The van der Waals surface area contributed by atoms with E-state index in [4.69, 9.17) is 4.74 Å². The zero-order valence-corrected chi connectivity index (χ0v) is 13.0. The molecule has 0 atom stereocenters. The van der Waals surface area contributed by atoms with Gasteiger partial charge in [-0.15, -0.1) is 0 Å². The molecule has 0 unspecified atom stereocenters. The molecule has 9 heteroatoms. The van der Waals surface area contributed by atoms with E-state index < -0.39 is 29.4 Å². The van der Waals surface area contributed by atoms with Crippen LogP contribution in [0.1, 0.15) is 36.7 Å². The van der Waals surface area contributed by atoms with Crippen LogP contribution >= 0.6 is 0 Å². The van der Waals surface area contributed by atoms with E-state index in [1.165, 1.54) is 0 Å². The number of H-pyrrole nitrogens is 1. The number of hydrogen-bond acceptors (Lipinski definition) is 3. The number of alkyl halides is 3. The van der Waals surface area contributed by atoms with Crippen LogP contribution in [0.5, 0.6) is 0 Å². The third-order valence-corrected chi connectivity index (χ3v) is 2.97. The second-order valence-electron chi connectivity index (χ2n) is 6.07. The number of aromatic carboxylic acids is 1. The van der Waals surface area contributed by atoms with Crippen LogP contribution in [0.15, 0.2) is 18.2 Å². The van der Waals surface area contributed by atoms with E-state index in [1.54, 1.807) is 20.8 Å². The summed E-state index contributed by atoms with van der Waals surface area (Å²) in [7, 11) is 0. The number of anilines is 1. The molecule has 1 heterocycles. The van der Waals surface area contributed by atoms with Crippen LogP contribution < -0.4 is 5.32 Å². The topological polar surface area (TPSA) is 91.4 Å². The Labute approximate surface area is 134 Å². The molecule has 0 aliphatic carbocycles. The highest BCUT2D eigenvalue weighted by Crippen LogP contribution is 2.34. The van der Waals surface area contributed by atoms with Crippen molar-refractivity contribution < 1.29 is 32.6 Å². The third-order valence-electron chi connectivity index (χ3n) is 2.97. The van der Waals surface area contributed by atoms with Gasteiger partial charge in [-0.25, -0.2) is 9.59 Å². The highest BCUT2D eigenvalue weighted by molar-refractivity contribution is 6.10. The Morgan fingerprint density at radius 3 is 2.33 bits per heavy atom. The first-order valence-electron chi connectivity index (χ1n) is 6.85. The van der Waals surface area contributed by atoms with Crippen molar-refractivity contribution in [3.8, 4) is 0 Å². The summed E-state index contributed by atoms with van der Waals surface area (Å²) < 4.78 is 43.3. The molecular weight excluding hydrogens is 329 g/mol. The van der Waals surface area contributed by atoms with Gasteiger partial charge in [0.15, 0.2) is 0 Å². The number of ether oxygens (including phenoxy) is 1. The number of aromatic nitrogens is 1. The van der Waals surface area contributed by atoms with Gasteiger partial charge in [0, 0.05) is 10.9 Å². The summed E-state index contributed by atoms with van der Waals surface area (Å²) >= 11 is 0. The molecule has 6 nitrogen and oxygen atoms in total. The van der Waals surface area contributed by atoms with Crippen LogP contribution in [0.25, 0.3) is 10.9 Å². The van der Waals surface area contributed by atoms with Gasteiger partial charge in [-0.1, -0.05) is 6.07 Å². The average molecular weight is 344 g/mol. The standard InChI is InChI=1S/C15H15F3N2O4/c1-14(2,3)24-13(23)20-11-10(12(21)22)8-5-4-7(15(16,17)18)6-9(8)19-11/h4-6,19H,1-3H3,(H,20,23)(H,21,22). The Morgan fingerprint density at radius 2 is 1.83 bits per heavy atom. The molecule has 1 aromatic heterocycles. The van der Waals surface area contributed by atoms with Crippen molar-refractivity contribution in [1.82, 2.24) is 4.98 Å². The molecule has 0 bridgehead atoms. The van der Waals surface area contributed by atoms with E-state index in [-0.39, 0.29) is 22.3 Å². The predicted octanol–water partition coefficient (Wildman–Crippen LogP) is 4.23. The number of nitrogens with one attached hydrogen (secondary N) is 2. The number of hydrogen-bond donors (Lipinski definition) is 3. The molecule has 3 N–H and O–H groups in total. The largest absolute Gasteiger partial charge is 0.478 e. The minimum atomic E-state index is -4.57. The highest BCUT2D eigenvalue weighted by Gasteiger charge is 2.31. The van der Waals surface area contributed by atoms with Crippen molar-refractivity contribution in [3.05, 3.63) is 29.3 Å². The second kappa shape index (κ2) is 5.73. The van der Waals surface area contributed by atoms with Gasteiger partial charge < -0.3 is 14.8 Å². The fourth-order valence-corrected chi connectivity index (χ4v) is 2.10. The molecule has 0 saturated carbocycles. The van der Waals surface area contributed by atoms with Crippen molar-refractivity contribution in [2.45, 2.75) is 32.5 Å². The molecule has 0 aliphatic rings. The maximum Gasteiger partial charge on any atom is 0.416 e. The first kappa shape index (κ1) is 17.6. The Bertz CT molecular complexity index is 803. The summed E-state index contributed by atoms with van der Waals surface area (Å²) in [6.45, 7) is 4.85. The Kier molecular flexibility index (Phi) is 4.21. The number of halogens is 3. The maximum absolute atomic E-state index is 12.8. The van der Waals surface area contributed by atoms with Crippen molar-refractivity contribution in [2.24, 2.45) is 0 Å². The van der Waals surface area contributed by atoms with Crippen LogP contribution in [-0.2, 0) is 10.9 Å². The highest BCUT2D eigenvalue weighted by atomic mass is 19.4. The van der Waals surface area contributed by atoms with Gasteiger partial charge in [-0.3, -0.25) is 5.32 Å². The fraction of sp³-hybridized carbons (Fsp3) is 0.333.